The maximum absolute atomic E-state index is 6.38. The van der Waals surface area contributed by atoms with Crippen LogP contribution in [0.1, 0.15) is 64.2 Å². The second kappa shape index (κ2) is 11.0. The van der Waals surface area contributed by atoms with E-state index in [2.05, 4.69) is 66.7 Å². The Morgan fingerprint density at radius 3 is 1.81 bits per heavy atom. The fraction of sp³-hybridized carbons (Fsp3) is 0.412. The van der Waals surface area contributed by atoms with Crippen LogP contribution in [0.4, 0.5) is 0 Å². The molecular weight excluding hydrogens is 471 g/mol. The molecule has 2 saturated carbocycles. The van der Waals surface area contributed by atoms with Crippen molar-refractivity contribution in [3.05, 3.63) is 66.7 Å². The minimum Gasteiger partial charge on any atom is -0.496 e. The number of benzene rings is 4. The van der Waals surface area contributed by atoms with Crippen LogP contribution in [0.3, 0.4) is 0 Å². The van der Waals surface area contributed by atoms with Gasteiger partial charge in [0.1, 0.15) is 11.5 Å². The van der Waals surface area contributed by atoms with Gasteiger partial charge in [0.25, 0.3) is 0 Å². The number of hydrogen-bond donors (Lipinski definition) is 0. The molecule has 0 amide bonds. The molecule has 4 aromatic carbocycles. The maximum Gasteiger partial charge on any atom is 0.135 e. The van der Waals surface area contributed by atoms with Crippen molar-refractivity contribution in [2.75, 3.05) is 14.2 Å². The van der Waals surface area contributed by atoms with Crippen LogP contribution in [0, 0.1) is 0 Å². The largest absolute Gasteiger partial charge is 0.496 e. The monoisotopic (exact) mass is 510 g/mol. The molecule has 2 nitrogen and oxygen atoms in total. The summed E-state index contributed by atoms with van der Waals surface area (Å²) in [6.45, 7) is 0. The van der Waals surface area contributed by atoms with Crippen LogP contribution >= 0.6 is 7.92 Å². The Balaban J connectivity index is 1.70. The number of fused-ring (bicyclic) bond motifs is 2. The first-order valence-corrected chi connectivity index (χ1v) is 15.7. The average molecular weight is 511 g/mol. The van der Waals surface area contributed by atoms with E-state index in [1.807, 2.05) is 14.2 Å². The standard InChI is InChI=1S/C34H39O2P/c1-35-30-22-21-24-13-9-11-19-28(24)32(30)33-31(23-25-14-10-12-20-29(25)34(33)36-2)37(26-15-5-3-6-16-26)27-17-7-4-8-18-27/h9-14,19-23,26-27H,3-8,15-18H2,1-2H3. The van der Waals surface area contributed by atoms with Crippen molar-refractivity contribution in [3.8, 4) is 22.6 Å². The van der Waals surface area contributed by atoms with Crippen LogP contribution in [-0.2, 0) is 0 Å². The van der Waals surface area contributed by atoms with Crippen molar-refractivity contribution in [1.82, 2.24) is 0 Å². The van der Waals surface area contributed by atoms with Gasteiger partial charge in [-0.05, 0) is 70.6 Å². The molecule has 2 aliphatic carbocycles. The number of methoxy groups -OCH3 is 2. The van der Waals surface area contributed by atoms with Crippen molar-refractivity contribution in [2.45, 2.75) is 75.5 Å². The first-order chi connectivity index (χ1) is 18.3. The number of rotatable bonds is 6. The lowest BCUT2D eigenvalue weighted by Gasteiger charge is -2.40. The first kappa shape index (κ1) is 24.7. The van der Waals surface area contributed by atoms with Crippen molar-refractivity contribution in [2.24, 2.45) is 0 Å². The van der Waals surface area contributed by atoms with E-state index in [4.69, 9.17) is 9.47 Å². The van der Waals surface area contributed by atoms with Gasteiger partial charge in [0.15, 0.2) is 0 Å². The van der Waals surface area contributed by atoms with E-state index in [0.717, 1.165) is 22.8 Å². The zero-order chi connectivity index (χ0) is 25.2. The summed E-state index contributed by atoms with van der Waals surface area (Å²) in [4.78, 5) is 0. The molecule has 0 N–H and O–H groups in total. The second-order valence-corrected chi connectivity index (χ2v) is 13.6. The highest BCUT2D eigenvalue weighted by Gasteiger charge is 2.36. The second-order valence-electron chi connectivity index (χ2n) is 10.9. The van der Waals surface area contributed by atoms with Crippen molar-refractivity contribution < 1.29 is 9.47 Å². The molecule has 0 bridgehead atoms. The molecular formula is C34H39O2P. The maximum atomic E-state index is 6.38. The average Bonchev–Trinajstić information content (AvgIpc) is 2.97. The molecule has 192 valence electrons. The highest BCUT2D eigenvalue weighted by atomic mass is 31.1. The predicted octanol–water partition coefficient (Wildman–Crippen LogP) is 9.45. The summed E-state index contributed by atoms with van der Waals surface area (Å²) < 4.78 is 12.5. The topological polar surface area (TPSA) is 18.5 Å². The van der Waals surface area contributed by atoms with Gasteiger partial charge in [-0.3, -0.25) is 0 Å². The summed E-state index contributed by atoms with van der Waals surface area (Å²) in [5.41, 5.74) is 4.10. The zero-order valence-electron chi connectivity index (χ0n) is 22.3. The van der Waals surface area contributed by atoms with Crippen molar-refractivity contribution in [3.63, 3.8) is 0 Å². The van der Waals surface area contributed by atoms with Gasteiger partial charge < -0.3 is 9.47 Å². The SMILES string of the molecule is COc1ccc2ccccc2c1-c1c(P(C2CCCCC2)C2CCCCC2)cc2ccccc2c1OC. The van der Waals surface area contributed by atoms with E-state index in [9.17, 15) is 0 Å². The molecule has 4 aromatic rings. The van der Waals surface area contributed by atoms with Gasteiger partial charge in [0, 0.05) is 16.5 Å². The van der Waals surface area contributed by atoms with Gasteiger partial charge in [0.05, 0.1) is 14.2 Å². The van der Waals surface area contributed by atoms with Crippen LogP contribution in [-0.4, -0.2) is 25.5 Å². The van der Waals surface area contributed by atoms with Gasteiger partial charge in [-0.1, -0.05) is 101 Å². The van der Waals surface area contributed by atoms with Gasteiger partial charge in [-0.2, -0.15) is 0 Å². The molecule has 0 aromatic heterocycles. The summed E-state index contributed by atoms with van der Waals surface area (Å²) in [6, 6.07) is 24.5. The molecule has 0 saturated heterocycles. The Labute approximate surface area is 223 Å². The molecule has 2 fully saturated rings. The van der Waals surface area contributed by atoms with Gasteiger partial charge >= 0.3 is 0 Å². The van der Waals surface area contributed by atoms with Crippen LogP contribution in [0.2, 0.25) is 0 Å². The van der Waals surface area contributed by atoms with E-state index < -0.39 is 0 Å². The van der Waals surface area contributed by atoms with Gasteiger partial charge in [-0.15, -0.1) is 0 Å². The quantitative estimate of drug-likeness (QED) is 0.241. The first-order valence-electron chi connectivity index (χ1n) is 14.2. The summed E-state index contributed by atoms with van der Waals surface area (Å²) in [5, 5.41) is 6.55. The molecule has 0 aliphatic heterocycles. The zero-order valence-corrected chi connectivity index (χ0v) is 23.2. The third-order valence-electron chi connectivity index (χ3n) is 8.76. The molecule has 0 heterocycles. The highest BCUT2D eigenvalue weighted by Crippen LogP contribution is 2.58. The summed E-state index contributed by atoms with van der Waals surface area (Å²) >= 11 is 0. The summed E-state index contributed by atoms with van der Waals surface area (Å²) in [5.74, 6) is 1.96. The third kappa shape index (κ3) is 4.63. The normalized spacial score (nSPS) is 17.5. The van der Waals surface area contributed by atoms with Gasteiger partial charge in [-0.25, -0.2) is 0 Å². The van der Waals surface area contributed by atoms with E-state index in [0.29, 0.717) is 0 Å². The highest BCUT2D eigenvalue weighted by molar-refractivity contribution is 7.67. The summed E-state index contributed by atoms with van der Waals surface area (Å²) in [6.07, 6.45) is 13.8. The minimum absolute atomic E-state index is 0.340. The molecule has 6 rings (SSSR count). The molecule has 0 atom stereocenters. The smallest absolute Gasteiger partial charge is 0.135 e. The fourth-order valence-electron chi connectivity index (χ4n) is 7.05. The van der Waals surface area contributed by atoms with Gasteiger partial charge in [0.2, 0.25) is 0 Å². The Morgan fingerprint density at radius 2 is 1.19 bits per heavy atom. The van der Waals surface area contributed by atoms with E-state index in [1.165, 1.54) is 96.9 Å². The Bertz CT molecular complexity index is 1360. The minimum atomic E-state index is -0.340. The predicted molar refractivity (Wildman–Crippen MR) is 160 cm³/mol. The Hall–Kier alpha value is -2.57. The number of hydrogen-bond acceptors (Lipinski definition) is 2. The number of ether oxygens (including phenoxy) is 2. The third-order valence-corrected chi connectivity index (χ3v) is 12.3. The van der Waals surface area contributed by atoms with Crippen molar-refractivity contribution >= 4 is 34.8 Å². The molecule has 2 aliphatic rings. The van der Waals surface area contributed by atoms with Crippen molar-refractivity contribution in [1.29, 1.82) is 0 Å². The lowest BCUT2D eigenvalue weighted by molar-refractivity contribution is 0.413. The molecule has 0 spiro atoms. The van der Waals surface area contributed by atoms with E-state index in [-0.39, 0.29) is 7.92 Å². The van der Waals surface area contributed by atoms with Crippen LogP contribution in [0.5, 0.6) is 11.5 Å². The van der Waals surface area contributed by atoms with Crippen LogP contribution in [0.15, 0.2) is 66.7 Å². The lowest BCUT2D eigenvalue weighted by Crippen LogP contribution is -2.27. The lowest BCUT2D eigenvalue weighted by atomic mass is 9.94. The molecule has 0 unspecified atom stereocenters. The van der Waals surface area contributed by atoms with E-state index in [1.54, 1.807) is 5.30 Å². The molecule has 3 heteroatoms. The molecule has 0 radical (unpaired) electrons. The Kier molecular flexibility index (Phi) is 7.39. The van der Waals surface area contributed by atoms with Crippen LogP contribution < -0.4 is 14.8 Å². The van der Waals surface area contributed by atoms with E-state index >= 15 is 0 Å². The van der Waals surface area contributed by atoms with Crippen LogP contribution in [0.25, 0.3) is 32.7 Å². The Morgan fingerprint density at radius 1 is 0.595 bits per heavy atom. The summed E-state index contributed by atoms with van der Waals surface area (Å²) in [7, 11) is 3.33. The molecule has 37 heavy (non-hydrogen) atoms. The fourth-order valence-corrected chi connectivity index (χ4v) is 11.0.